The maximum absolute atomic E-state index is 13.3. The first-order valence-corrected chi connectivity index (χ1v) is 12.4. The molecule has 0 saturated heterocycles. The molecule has 1 fully saturated rings. The molecule has 0 aromatic heterocycles. The molecule has 174 valence electrons. The Bertz CT molecular complexity index is 1080. The monoisotopic (exact) mass is 461 g/mol. The zero-order chi connectivity index (χ0) is 23.3. The van der Waals surface area contributed by atoms with Crippen LogP contribution in [0.4, 0.5) is 5.69 Å². The smallest absolute Gasteiger partial charge is 0.299 e. The normalized spacial score (nSPS) is 17.1. The average molecular weight is 462 g/mol. The molecule has 1 aliphatic rings. The number of amides is 1. The predicted octanol–water partition coefficient (Wildman–Crippen LogP) is 4.30. The molecular formula is C24H31NO6S. The molecule has 0 aliphatic heterocycles. The lowest BCUT2D eigenvalue weighted by Gasteiger charge is -2.29. The highest BCUT2D eigenvalue weighted by atomic mass is 32.2. The summed E-state index contributed by atoms with van der Waals surface area (Å²) in [6.45, 7) is 1.37. The van der Waals surface area contributed by atoms with Gasteiger partial charge in [0.25, 0.3) is 10.1 Å². The van der Waals surface area contributed by atoms with Crippen molar-refractivity contribution in [2.75, 3.05) is 19.5 Å². The molecule has 2 aromatic carbocycles. The number of ether oxygens (including phenoxy) is 1. The van der Waals surface area contributed by atoms with Crippen LogP contribution in [0, 0.1) is 11.8 Å². The summed E-state index contributed by atoms with van der Waals surface area (Å²) >= 11 is 0. The van der Waals surface area contributed by atoms with E-state index in [9.17, 15) is 18.0 Å². The van der Waals surface area contributed by atoms with Crippen LogP contribution in [0.15, 0.2) is 41.3 Å². The van der Waals surface area contributed by atoms with E-state index in [1.54, 1.807) is 30.3 Å². The lowest BCUT2D eigenvalue weighted by atomic mass is 9.81. The van der Waals surface area contributed by atoms with Crippen LogP contribution >= 0.6 is 0 Å². The second-order valence-electron chi connectivity index (χ2n) is 8.38. The summed E-state index contributed by atoms with van der Waals surface area (Å²) < 4.78 is 35.8. The maximum Gasteiger partial charge on any atom is 0.299 e. The van der Waals surface area contributed by atoms with E-state index in [4.69, 9.17) is 8.92 Å². The van der Waals surface area contributed by atoms with Crippen LogP contribution in [0.1, 0.15) is 45.4 Å². The van der Waals surface area contributed by atoms with Crippen molar-refractivity contribution in [1.29, 1.82) is 0 Å². The van der Waals surface area contributed by atoms with Gasteiger partial charge in [0.2, 0.25) is 5.91 Å². The third-order valence-corrected chi connectivity index (χ3v) is 7.67. The van der Waals surface area contributed by atoms with Crippen LogP contribution < -0.4 is 5.32 Å². The topological polar surface area (TPSA) is 98.8 Å². The van der Waals surface area contributed by atoms with Crippen molar-refractivity contribution in [3.63, 3.8) is 0 Å². The van der Waals surface area contributed by atoms with Gasteiger partial charge >= 0.3 is 0 Å². The Labute approximate surface area is 189 Å². The van der Waals surface area contributed by atoms with Gasteiger partial charge in [-0.25, -0.2) is 0 Å². The SMILES string of the molecule is COC(CC1CCCCC1)C(C(C)=O)C(=O)Nc1ccc2ccccc2c1S(=O)(=O)OC. The number of hydrogen-bond donors (Lipinski definition) is 1. The number of Topliss-reactive ketones (excluding diaryl/α,β-unsaturated/α-hetero) is 1. The molecular weight excluding hydrogens is 430 g/mol. The molecule has 32 heavy (non-hydrogen) atoms. The largest absolute Gasteiger partial charge is 0.380 e. The summed E-state index contributed by atoms with van der Waals surface area (Å²) in [5.74, 6) is -1.52. The Morgan fingerprint density at radius 1 is 1.06 bits per heavy atom. The van der Waals surface area contributed by atoms with Gasteiger partial charge in [-0.05, 0) is 30.7 Å². The first-order chi connectivity index (χ1) is 15.3. The van der Waals surface area contributed by atoms with Gasteiger partial charge in [0.05, 0.1) is 18.9 Å². The highest BCUT2D eigenvalue weighted by Gasteiger charge is 2.35. The third kappa shape index (κ3) is 5.36. The summed E-state index contributed by atoms with van der Waals surface area (Å²) in [5, 5.41) is 3.80. The van der Waals surface area contributed by atoms with Crippen LogP contribution in [0.25, 0.3) is 10.8 Å². The van der Waals surface area contributed by atoms with Crippen LogP contribution in [0.3, 0.4) is 0 Å². The van der Waals surface area contributed by atoms with Crippen LogP contribution in [-0.2, 0) is 28.6 Å². The van der Waals surface area contributed by atoms with E-state index in [1.807, 2.05) is 0 Å². The lowest BCUT2D eigenvalue weighted by Crippen LogP contribution is -2.40. The minimum atomic E-state index is -4.13. The zero-order valence-corrected chi connectivity index (χ0v) is 19.6. The Balaban J connectivity index is 1.94. The molecule has 1 amide bonds. The number of anilines is 1. The zero-order valence-electron chi connectivity index (χ0n) is 18.8. The lowest BCUT2D eigenvalue weighted by molar-refractivity contribution is -0.136. The fourth-order valence-electron chi connectivity index (χ4n) is 4.64. The Morgan fingerprint density at radius 3 is 2.38 bits per heavy atom. The number of methoxy groups -OCH3 is 1. The quantitative estimate of drug-likeness (QED) is 0.441. The van der Waals surface area contributed by atoms with Crippen LogP contribution in [0.5, 0.6) is 0 Å². The van der Waals surface area contributed by atoms with Gasteiger partial charge in [-0.1, -0.05) is 62.4 Å². The van der Waals surface area contributed by atoms with E-state index >= 15 is 0 Å². The van der Waals surface area contributed by atoms with E-state index in [1.165, 1.54) is 26.5 Å². The molecule has 2 aromatic rings. The van der Waals surface area contributed by atoms with Crippen molar-refractivity contribution < 1.29 is 26.9 Å². The van der Waals surface area contributed by atoms with Crippen molar-refractivity contribution >= 4 is 38.3 Å². The second-order valence-corrected chi connectivity index (χ2v) is 10.0. The van der Waals surface area contributed by atoms with Gasteiger partial charge in [-0.2, -0.15) is 8.42 Å². The molecule has 1 aliphatic carbocycles. The molecule has 0 radical (unpaired) electrons. The molecule has 7 nitrogen and oxygen atoms in total. The standard InChI is InChI=1S/C24H31NO6S/c1-16(26)22(21(30-2)15-17-9-5-4-6-10-17)24(27)25-20-14-13-18-11-7-8-12-19(18)23(20)32(28,29)31-3/h7-8,11-14,17,21-22H,4-6,9-10,15H2,1-3H3,(H,25,27). The third-order valence-electron chi connectivity index (χ3n) is 6.29. The average Bonchev–Trinajstić information content (AvgIpc) is 2.78. The van der Waals surface area contributed by atoms with E-state index in [0.29, 0.717) is 23.1 Å². The van der Waals surface area contributed by atoms with E-state index < -0.39 is 28.0 Å². The molecule has 1 saturated carbocycles. The number of carbonyl (C=O) groups excluding carboxylic acids is 2. The minimum absolute atomic E-state index is 0.0781. The van der Waals surface area contributed by atoms with E-state index in [0.717, 1.165) is 32.8 Å². The first kappa shape index (κ1) is 24.4. The van der Waals surface area contributed by atoms with E-state index in [2.05, 4.69) is 5.32 Å². The number of nitrogens with one attached hydrogen (secondary N) is 1. The van der Waals surface area contributed by atoms with Crippen molar-refractivity contribution in [3.8, 4) is 0 Å². The van der Waals surface area contributed by atoms with Crippen LogP contribution in [0.2, 0.25) is 0 Å². The summed E-state index contributed by atoms with van der Waals surface area (Å²) in [6.07, 6.45) is 5.68. The summed E-state index contributed by atoms with van der Waals surface area (Å²) in [6, 6.07) is 10.2. The van der Waals surface area contributed by atoms with Gasteiger partial charge < -0.3 is 10.1 Å². The summed E-state index contributed by atoms with van der Waals surface area (Å²) in [7, 11) is -1.54. The van der Waals surface area contributed by atoms with Crippen molar-refractivity contribution in [2.24, 2.45) is 11.8 Å². The molecule has 0 spiro atoms. The molecule has 0 heterocycles. The predicted molar refractivity (Wildman–Crippen MR) is 123 cm³/mol. The summed E-state index contributed by atoms with van der Waals surface area (Å²) in [4.78, 5) is 25.6. The molecule has 3 rings (SSSR count). The van der Waals surface area contributed by atoms with E-state index in [-0.39, 0.29) is 16.4 Å². The Hall–Kier alpha value is -2.29. The van der Waals surface area contributed by atoms with Crippen LogP contribution in [-0.4, -0.2) is 40.4 Å². The number of hydrogen-bond acceptors (Lipinski definition) is 6. The number of rotatable bonds is 9. The van der Waals surface area contributed by atoms with Gasteiger partial charge in [0.1, 0.15) is 16.6 Å². The molecule has 2 unspecified atom stereocenters. The van der Waals surface area contributed by atoms with Gasteiger partial charge in [-0.15, -0.1) is 0 Å². The van der Waals surface area contributed by atoms with Crippen molar-refractivity contribution in [2.45, 2.75) is 56.4 Å². The summed E-state index contributed by atoms with van der Waals surface area (Å²) in [5.41, 5.74) is 0.0781. The van der Waals surface area contributed by atoms with Crippen molar-refractivity contribution in [1.82, 2.24) is 0 Å². The fourth-order valence-corrected chi connectivity index (χ4v) is 5.65. The van der Waals surface area contributed by atoms with Gasteiger partial charge in [-0.3, -0.25) is 13.8 Å². The number of benzene rings is 2. The first-order valence-electron chi connectivity index (χ1n) is 10.9. The Morgan fingerprint density at radius 2 is 1.75 bits per heavy atom. The number of ketones is 1. The molecule has 2 atom stereocenters. The maximum atomic E-state index is 13.3. The highest BCUT2D eigenvalue weighted by Crippen LogP contribution is 2.33. The molecule has 8 heteroatoms. The van der Waals surface area contributed by atoms with Gasteiger partial charge in [0.15, 0.2) is 0 Å². The minimum Gasteiger partial charge on any atom is -0.380 e. The fraction of sp³-hybridized carbons (Fsp3) is 0.500. The number of carbonyl (C=O) groups is 2. The van der Waals surface area contributed by atoms with Gasteiger partial charge in [0, 0.05) is 12.5 Å². The molecule has 0 bridgehead atoms. The highest BCUT2D eigenvalue weighted by molar-refractivity contribution is 7.87. The Kier molecular flexibility index (Phi) is 8.03. The molecule has 1 N–H and O–H groups in total. The number of fused-ring (bicyclic) bond motifs is 1. The second kappa shape index (κ2) is 10.6. The van der Waals surface area contributed by atoms with Crippen molar-refractivity contribution in [3.05, 3.63) is 36.4 Å².